The average molecular weight is 174 g/mol. The Morgan fingerprint density at radius 3 is 2.62 bits per heavy atom. The van der Waals surface area contributed by atoms with Gasteiger partial charge < -0.3 is 0 Å². The molecule has 0 aliphatic heterocycles. The number of aryl methyl sites for hydroxylation is 1. The van der Waals surface area contributed by atoms with E-state index in [-0.39, 0.29) is 0 Å². The molecule has 0 aliphatic carbocycles. The summed E-state index contributed by atoms with van der Waals surface area (Å²) in [7, 11) is 0. The van der Waals surface area contributed by atoms with Crippen molar-refractivity contribution >= 4 is 10.9 Å². The van der Waals surface area contributed by atoms with Gasteiger partial charge in [0.15, 0.2) is 0 Å². The minimum absolute atomic E-state index is 1.04. The first-order chi connectivity index (χ1) is 6.38. The summed E-state index contributed by atoms with van der Waals surface area (Å²) >= 11 is 0. The molecule has 2 heterocycles. The van der Waals surface area contributed by atoms with Crippen molar-refractivity contribution in [2.75, 3.05) is 0 Å². The average Bonchev–Trinajstić information content (AvgIpc) is 2.22. The van der Waals surface area contributed by atoms with E-state index in [9.17, 15) is 0 Å². The minimum atomic E-state index is 1.04. The van der Waals surface area contributed by atoms with E-state index in [1.165, 1.54) is 0 Å². The van der Waals surface area contributed by atoms with Crippen LogP contribution in [-0.2, 0) is 0 Å². The van der Waals surface area contributed by atoms with Crippen LogP contribution in [0.4, 0.5) is 0 Å². The molecule has 0 fully saturated rings. The first-order valence-corrected chi connectivity index (χ1v) is 4.53. The lowest BCUT2D eigenvalue weighted by Gasteiger charge is -1.97. The Balaban J connectivity index is 0.000000396. The van der Waals surface area contributed by atoms with E-state index in [0.717, 1.165) is 16.5 Å². The molecule has 13 heavy (non-hydrogen) atoms. The van der Waals surface area contributed by atoms with Crippen molar-refractivity contribution in [2.24, 2.45) is 0 Å². The molecule has 0 amide bonds. The van der Waals surface area contributed by atoms with Crippen LogP contribution in [0.1, 0.15) is 19.4 Å². The fourth-order valence-electron chi connectivity index (χ4n) is 1.14. The fourth-order valence-corrected chi connectivity index (χ4v) is 1.14. The van der Waals surface area contributed by atoms with Gasteiger partial charge in [0.2, 0.25) is 0 Å². The molecule has 2 aromatic rings. The summed E-state index contributed by atoms with van der Waals surface area (Å²) in [5, 5.41) is 1.10. The number of fused-ring (bicyclic) bond motifs is 1. The molecule has 2 rings (SSSR count). The Kier molecular flexibility index (Phi) is 3.38. The zero-order valence-corrected chi connectivity index (χ0v) is 8.28. The number of hydrogen-bond donors (Lipinski definition) is 0. The van der Waals surface area contributed by atoms with Crippen molar-refractivity contribution in [1.82, 2.24) is 9.97 Å². The molecule has 2 aromatic heterocycles. The van der Waals surface area contributed by atoms with Gasteiger partial charge in [0.05, 0.1) is 5.52 Å². The zero-order chi connectivity index (χ0) is 9.68. The highest BCUT2D eigenvalue weighted by Crippen LogP contribution is 2.11. The molecule has 0 unspecified atom stereocenters. The van der Waals surface area contributed by atoms with Gasteiger partial charge in [-0.3, -0.25) is 9.97 Å². The third kappa shape index (κ3) is 2.02. The van der Waals surface area contributed by atoms with Crippen molar-refractivity contribution in [3.05, 3.63) is 36.3 Å². The highest BCUT2D eigenvalue weighted by molar-refractivity contribution is 5.79. The third-order valence-electron chi connectivity index (χ3n) is 1.69. The molecule has 0 saturated heterocycles. The van der Waals surface area contributed by atoms with Gasteiger partial charge in [0.25, 0.3) is 0 Å². The van der Waals surface area contributed by atoms with Gasteiger partial charge in [-0.05, 0) is 24.6 Å². The van der Waals surface area contributed by atoms with Crippen LogP contribution in [0.3, 0.4) is 0 Å². The van der Waals surface area contributed by atoms with Crippen LogP contribution < -0.4 is 0 Å². The molecule has 0 N–H and O–H groups in total. The maximum absolute atomic E-state index is 4.24. The van der Waals surface area contributed by atoms with Crippen molar-refractivity contribution in [2.45, 2.75) is 20.8 Å². The van der Waals surface area contributed by atoms with Gasteiger partial charge in [0, 0.05) is 24.0 Å². The summed E-state index contributed by atoms with van der Waals surface area (Å²) in [5.74, 6) is 0. The van der Waals surface area contributed by atoms with Gasteiger partial charge in [-0.2, -0.15) is 0 Å². The highest BCUT2D eigenvalue weighted by Gasteiger charge is 1.94. The molecule has 2 heteroatoms. The van der Waals surface area contributed by atoms with E-state index in [0.29, 0.717) is 0 Å². The second kappa shape index (κ2) is 4.55. The van der Waals surface area contributed by atoms with E-state index in [2.05, 4.69) is 9.97 Å². The topological polar surface area (TPSA) is 25.8 Å². The van der Waals surface area contributed by atoms with E-state index < -0.39 is 0 Å². The predicted octanol–water partition coefficient (Wildman–Crippen LogP) is 2.96. The van der Waals surface area contributed by atoms with Crippen LogP contribution in [0, 0.1) is 6.92 Å². The van der Waals surface area contributed by atoms with Gasteiger partial charge in [0.1, 0.15) is 0 Å². The lowest BCUT2D eigenvalue weighted by atomic mass is 10.2. The molecule has 0 atom stereocenters. The van der Waals surface area contributed by atoms with E-state index >= 15 is 0 Å². The predicted molar refractivity (Wildman–Crippen MR) is 55.6 cm³/mol. The molecule has 68 valence electrons. The van der Waals surface area contributed by atoms with Crippen molar-refractivity contribution in [3.63, 3.8) is 0 Å². The standard InChI is InChI=1S/C9H8N2.C2H6/c1-7-5-10-6-8-3-2-4-11-9(7)8;1-2/h2-6H,1H3;1-2H3. The van der Waals surface area contributed by atoms with Crippen LogP contribution in [0.25, 0.3) is 10.9 Å². The lowest BCUT2D eigenvalue weighted by Crippen LogP contribution is -1.83. The van der Waals surface area contributed by atoms with E-state index in [4.69, 9.17) is 0 Å². The Labute approximate surface area is 78.7 Å². The Bertz CT molecular complexity index is 377. The molecular formula is C11H14N2. The monoisotopic (exact) mass is 174 g/mol. The molecule has 0 aromatic carbocycles. The molecule has 2 nitrogen and oxygen atoms in total. The van der Waals surface area contributed by atoms with Crippen LogP contribution >= 0.6 is 0 Å². The Morgan fingerprint density at radius 1 is 1.15 bits per heavy atom. The second-order valence-corrected chi connectivity index (χ2v) is 2.53. The maximum atomic E-state index is 4.24. The zero-order valence-electron chi connectivity index (χ0n) is 8.28. The number of rotatable bonds is 0. The Hall–Kier alpha value is -1.44. The summed E-state index contributed by atoms with van der Waals surface area (Å²) in [5.41, 5.74) is 2.17. The number of hydrogen-bond acceptors (Lipinski definition) is 2. The number of nitrogens with zero attached hydrogens (tertiary/aromatic N) is 2. The first-order valence-electron chi connectivity index (χ1n) is 4.53. The highest BCUT2D eigenvalue weighted by atomic mass is 14.7. The summed E-state index contributed by atoms with van der Waals surface area (Å²) in [6.45, 7) is 6.02. The van der Waals surface area contributed by atoms with Crippen LogP contribution in [0.15, 0.2) is 30.7 Å². The van der Waals surface area contributed by atoms with Gasteiger partial charge in [-0.1, -0.05) is 13.8 Å². The minimum Gasteiger partial charge on any atom is -0.264 e. The molecular weight excluding hydrogens is 160 g/mol. The molecule has 0 aliphatic rings. The summed E-state index contributed by atoms with van der Waals surface area (Å²) in [4.78, 5) is 8.31. The molecule has 0 saturated carbocycles. The SMILES string of the molecule is CC.Cc1cncc2cccnc12. The number of pyridine rings is 2. The van der Waals surface area contributed by atoms with Crippen LogP contribution in [-0.4, -0.2) is 9.97 Å². The molecule has 0 radical (unpaired) electrons. The molecule has 0 spiro atoms. The normalized spacial score (nSPS) is 9.15. The number of aromatic nitrogens is 2. The van der Waals surface area contributed by atoms with Gasteiger partial charge in [-0.25, -0.2) is 0 Å². The quantitative estimate of drug-likeness (QED) is 0.613. The maximum Gasteiger partial charge on any atom is 0.0761 e. The smallest absolute Gasteiger partial charge is 0.0761 e. The van der Waals surface area contributed by atoms with Crippen molar-refractivity contribution in [3.8, 4) is 0 Å². The third-order valence-corrected chi connectivity index (χ3v) is 1.69. The fraction of sp³-hybridized carbons (Fsp3) is 0.273. The summed E-state index contributed by atoms with van der Waals surface area (Å²) in [6, 6.07) is 3.94. The van der Waals surface area contributed by atoms with Gasteiger partial charge in [-0.15, -0.1) is 0 Å². The van der Waals surface area contributed by atoms with E-state index in [1.807, 2.05) is 45.3 Å². The Morgan fingerprint density at radius 2 is 1.92 bits per heavy atom. The van der Waals surface area contributed by atoms with Crippen molar-refractivity contribution < 1.29 is 0 Å². The van der Waals surface area contributed by atoms with E-state index in [1.54, 1.807) is 6.20 Å². The first kappa shape index (κ1) is 9.65. The van der Waals surface area contributed by atoms with Crippen molar-refractivity contribution in [1.29, 1.82) is 0 Å². The second-order valence-electron chi connectivity index (χ2n) is 2.53. The summed E-state index contributed by atoms with van der Waals surface area (Å²) < 4.78 is 0. The van der Waals surface area contributed by atoms with Gasteiger partial charge >= 0.3 is 0 Å². The summed E-state index contributed by atoms with van der Waals surface area (Å²) in [6.07, 6.45) is 5.46. The largest absolute Gasteiger partial charge is 0.264 e. The lowest BCUT2D eigenvalue weighted by molar-refractivity contribution is 1.27. The van der Waals surface area contributed by atoms with Crippen LogP contribution in [0.2, 0.25) is 0 Å². The van der Waals surface area contributed by atoms with Crippen LogP contribution in [0.5, 0.6) is 0 Å². The molecule has 0 bridgehead atoms.